The minimum absolute atomic E-state index is 0.0849. The summed E-state index contributed by atoms with van der Waals surface area (Å²) in [4.78, 5) is 11.8. The molecule has 0 saturated heterocycles. The Morgan fingerprint density at radius 1 is 1.13 bits per heavy atom. The van der Waals surface area contributed by atoms with Crippen molar-refractivity contribution in [2.24, 2.45) is 0 Å². The highest BCUT2D eigenvalue weighted by Gasteiger charge is 2.09. The second kappa shape index (κ2) is 8.44. The molecule has 0 radical (unpaired) electrons. The van der Waals surface area contributed by atoms with Gasteiger partial charge in [-0.05, 0) is 43.0 Å². The van der Waals surface area contributed by atoms with Gasteiger partial charge in [-0.2, -0.15) is 0 Å². The number of aliphatic hydroxyl groups excluding tert-OH is 1. The first-order chi connectivity index (χ1) is 11.0. The summed E-state index contributed by atoms with van der Waals surface area (Å²) in [5, 5.41) is 12.7. The molecule has 0 bridgehead atoms. The number of aryl methyl sites for hydroxylation is 2. The summed E-state index contributed by atoms with van der Waals surface area (Å²) < 4.78 is 12.8. The number of carbonyl (C=O) groups is 1. The highest BCUT2D eigenvalue weighted by atomic mass is 19.1. The van der Waals surface area contributed by atoms with E-state index in [0.717, 1.165) is 12.8 Å². The quantitative estimate of drug-likeness (QED) is 0.823. The van der Waals surface area contributed by atoms with E-state index in [4.69, 9.17) is 0 Å². The van der Waals surface area contributed by atoms with E-state index in [1.807, 2.05) is 6.92 Å². The fraction of sp³-hybridized carbons (Fsp3) is 0.316. The van der Waals surface area contributed by atoms with Crippen molar-refractivity contribution < 1.29 is 14.3 Å². The van der Waals surface area contributed by atoms with Crippen LogP contribution in [0.15, 0.2) is 48.5 Å². The topological polar surface area (TPSA) is 49.3 Å². The third kappa shape index (κ3) is 5.83. The van der Waals surface area contributed by atoms with E-state index in [1.165, 1.54) is 35.4 Å². The molecule has 0 spiro atoms. The van der Waals surface area contributed by atoms with E-state index in [1.54, 1.807) is 0 Å². The lowest BCUT2D eigenvalue weighted by molar-refractivity contribution is -0.121. The van der Waals surface area contributed by atoms with Crippen molar-refractivity contribution >= 4 is 5.91 Å². The Hall–Kier alpha value is -2.20. The second-order valence-electron chi connectivity index (χ2n) is 5.71. The first-order valence-corrected chi connectivity index (χ1v) is 7.80. The average Bonchev–Trinajstić information content (AvgIpc) is 2.55. The van der Waals surface area contributed by atoms with Crippen LogP contribution in [0.5, 0.6) is 0 Å². The molecule has 2 rings (SSSR count). The van der Waals surface area contributed by atoms with Crippen LogP contribution in [0.1, 0.15) is 35.6 Å². The highest BCUT2D eigenvalue weighted by molar-refractivity contribution is 5.75. The summed E-state index contributed by atoms with van der Waals surface area (Å²) in [7, 11) is 0. The highest BCUT2D eigenvalue weighted by Crippen LogP contribution is 2.12. The molecule has 0 aliphatic carbocycles. The molecule has 23 heavy (non-hydrogen) atoms. The molecule has 122 valence electrons. The van der Waals surface area contributed by atoms with Gasteiger partial charge in [-0.3, -0.25) is 4.79 Å². The summed E-state index contributed by atoms with van der Waals surface area (Å²) in [6, 6.07) is 13.9. The zero-order chi connectivity index (χ0) is 16.7. The van der Waals surface area contributed by atoms with Gasteiger partial charge < -0.3 is 10.4 Å². The molecular formula is C19H22FNO2. The molecule has 0 saturated carbocycles. The number of benzene rings is 2. The van der Waals surface area contributed by atoms with E-state index in [0.29, 0.717) is 12.0 Å². The largest absolute Gasteiger partial charge is 0.387 e. The van der Waals surface area contributed by atoms with Crippen LogP contribution in [0, 0.1) is 12.7 Å². The van der Waals surface area contributed by atoms with E-state index in [9.17, 15) is 14.3 Å². The standard InChI is InChI=1S/C19H22FNO2/c1-14-5-7-15(8-6-14)3-2-4-19(23)21-13-18(22)16-9-11-17(20)12-10-16/h5-12,18,22H,2-4,13H2,1H3,(H,21,23). The maximum Gasteiger partial charge on any atom is 0.220 e. The smallest absolute Gasteiger partial charge is 0.220 e. The Kier molecular flexibility index (Phi) is 6.29. The van der Waals surface area contributed by atoms with E-state index < -0.39 is 6.10 Å². The maximum atomic E-state index is 12.8. The van der Waals surface area contributed by atoms with Gasteiger partial charge in [0.15, 0.2) is 0 Å². The molecule has 1 atom stereocenters. The monoisotopic (exact) mass is 315 g/mol. The average molecular weight is 315 g/mol. The molecular weight excluding hydrogens is 293 g/mol. The van der Waals surface area contributed by atoms with Crippen molar-refractivity contribution in [1.82, 2.24) is 5.32 Å². The number of rotatable bonds is 7. The minimum Gasteiger partial charge on any atom is -0.387 e. The van der Waals surface area contributed by atoms with Crippen LogP contribution in [0.2, 0.25) is 0 Å². The van der Waals surface area contributed by atoms with Gasteiger partial charge in [0.2, 0.25) is 5.91 Å². The van der Waals surface area contributed by atoms with E-state index in [-0.39, 0.29) is 18.3 Å². The minimum atomic E-state index is -0.823. The lowest BCUT2D eigenvalue weighted by Crippen LogP contribution is -2.28. The fourth-order valence-corrected chi connectivity index (χ4v) is 2.31. The summed E-state index contributed by atoms with van der Waals surface area (Å²) in [6.07, 6.45) is 1.22. The van der Waals surface area contributed by atoms with Gasteiger partial charge >= 0.3 is 0 Å². The molecule has 0 aromatic heterocycles. The van der Waals surface area contributed by atoms with Gasteiger partial charge in [-0.1, -0.05) is 42.0 Å². The Morgan fingerprint density at radius 2 is 1.78 bits per heavy atom. The van der Waals surface area contributed by atoms with Gasteiger partial charge in [-0.25, -0.2) is 4.39 Å². The number of hydrogen-bond donors (Lipinski definition) is 2. The molecule has 0 aliphatic heterocycles. The summed E-state index contributed by atoms with van der Waals surface area (Å²) in [5.41, 5.74) is 3.03. The van der Waals surface area contributed by atoms with Crippen molar-refractivity contribution in [3.8, 4) is 0 Å². The first kappa shape index (κ1) is 17.2. The van der Waals surface area contributed by atoms with Gasteiger partial charge in [0.1, 0.15) is 5.82 Å². The van der Waals surface area contributed by atoms with Gasteiger partial charge in [0.05, 0.1) is 6.10 Å². The van der Waals surface area contributed by atoms with Crippen LogP contribution in [0.25, 0.3) is 0 Å². The molecule has 4 heteroatoms. The normalized spacial score (nSPS) is 12.0. The van der Waals surface area contributed by atoms with Crippen LogP contribution in [-0.2, 0) is 11.2 Å². The van der Waals surface area contributed by atoms with Crippen LogP contribution in [0.4, 0.5) is 4.39 Å². The van der Waals surface area contributed by atoms with E-state index in [2.05, 4.69) is 29.6 Å². The van der Waals surface area contributed by atoms with Crippen LogP contribution in [0.3, 0.4) is 0 Å². The third-order valence-corrected chi connectivity index (χ3v) is 3.74. The molecule has 2 aromatic carbocycles. The number of carbonyl (C=O) groups excluding carboxylic acids is 1. The SMILES string of the molecule is Cc1ccc(CCCC(=O)NCC(O)c2ccc(F)cc2)cc1. The lowest BCUT2D eigenvalue weighted by Gasteiger charge is -2.12. The van der Waals surface area contributed by atoms with Crippen LogP contribution >= 0.6 is 0 Å². The molecule has 0 fully saturated rings. The van der Waals surface area contributed by atoms with Gasteiger partial charge in [0, 0.05) is 13.0 Å². The summed E-state index contributed by atoms with van der Waals surface area (Å²) >= 11 is 0. The third-order valence-electron chi connectivity index (χ3n) is 3.74. The van der Waals surface area contributed by atoms with E-state index >= 15 is 0 Å². The molecule has 1 amide bonds. The predicted molar refractivity (Wildman–Crippen MR) is 88.5 cm³/mol. The predicted octanol–water partition coefficient (Wildman–Crippen LogP) is 3.31. The van der Waals surface area contributed by atoms with Gasteiger partial charge in [0.25, 0.3) is 0 Å². The molecule has 3 nitrogen and oxygen atoms in total. The van der Waals surface area contributed by atoms with Crippen molar-refractivity contribution in [3.05, 3.63) is 71.0 Å². The number of nitrogens with one attached hydrogen (secondary N) is 1. The first-order valence-electron chi connectivity index (χ1n) is 7.80. The lowest BCUT2D eigenvalue weighted by atomic mass is 10.1. The second-order valence-corrected chi connectivity index (χ2v) is 5.71. The molecule has 2 aromatic rings. The Morgan fingerprint density at radius 3 is 2.43 bits per heavy atom. The molecule has 2 N–H and O–H groups in total. The number of hydrogen-bond acceptors (Lipinski definition) is 2. The van der Waals surface area contributed by atoms with Crippen molar-refractivity contribution in [3.63, 3.8) is 0 Å². The van der Waals surface area contributed by atoms with Crippen molar-refractivity contribution in [2.75, 3.05) is 6.54 Å². The molecule has 1 unspecified atom stereocenters. The molecule has 0 aliphatic rings. The van der Waals surface area contributed by atoms with Crippen LogP contribution in [-0.4, -0.2) is 17.6 Å². The molecule has 0 heterocycles. The Balaban J connectivity index is 1.68. The van der Waals surface area contributed by atoms with Crippen LogP contribution < -0.4 is 5.32 Å². The summed E-state index contributed by atoms with van der Waals surface area (Å²) in [6.45, 7) is 2.18. The Bertz CT molecular complexity index is 623. The zero-order valence-electron chi connectivity index (χ0n) is 13.3. The number of amides is 1. The Labute approximate surface area is 136 Å². The maximum absolute atomic E-state index is 12.8. The number of halogens is 1. The van der Waals surface area contributed by atoms with Gasteiger partial charge in [-0.15, -0.1) is 0 Å². The number of aliphatic hydroxyl groups is 1. The zero-order valence-corrected chi connectivity index (χ0v) is 13.3. The fourth-order valence-electron chi connectivity index (χ4n) is 2.31. The summed E-state index contributed by atoms with van der Waals surface area (Å²) in [5.74, 6) is -0.431. The van der Waals surface area contributed by atoms with Crippen molar-refractivity contribution in [1.29, 1.82) is 0 Å². The van der Waals surface area contributed by atoms with Crippen molar-refractivity contribution in [2.45, 2.75) is 32.3 Å².